The zero-order valence-corrected chi connectivity index (χ0v) is 13.7. The number of nitrogens with one attached hydrogen (secondary N) is 1. The fourth-order valence-electron chi connectivity index (χ4n) is 3.74. The number of hydrogen-bond donors (Lipinski definition) is 1. The summed E-state index contributed by atoms with van der Waals surface area (Å²) in [4.78, 5) is 14.9. The van der Waals surface area contributed by atoms with Crippen LogP contribution in [0.2, 0.25) is 0 Å². The third kappa shape index (κ3) is 2.66. The van der Waals surface area contributed by atoms with Gasteiger partial charge < -0.3 is 14.8 Å². The second-order valence-corrected chi connectivity index (χ2v) is 7.12. The van der Waals surface area contributed by atoms with Crippen molar-refractivity contribution in [3.05, 3.63) is 22.4 Å². The van der Waals surface area contributed by atoms with Gasteiger partial charge in [-0.15, -0.1) is 0 Å². The van der Waals surface area contributed by atoms with Crippen molar-refractivity contribution in [2.45, 2.75) is 50.2 Å². The molecule has 2 aliphatic heterocycles. The minimum atomic E-state index is 0.0471. The van der Waals surface area contributed by atoms with Gasteiger partial charge in [0.1, 0.15) is 5.69 Å². The van der Waals surface area contributed by atoms with E-state index in [-0.39, 0.29) is 5.91 Å². The molecule has 3 heterocycles. The lowest BCUT2D eigenvalue weighted by Crippen LogP contribution is -2.55. The van der Waals surface area contributed by atoms with Crippen LogP contribution in [0.25, 0.3) is 0 Å². The average molecular weight is 340 g/mol. The van der Waals surface area contributed by atoms with E-state index in [0.29, 0.717) is 18.1 Å². The van der Waals surface area contributed by atoms with Gasteiger partial charge in [-0.3, -0.25) is 4.79 Å². The lowest BCUT2D eigenvalue weighted by atomic mass is 9.82. The van der Waals surface area contributed by atoms with Crippen LogP contribution >= 0.6 is 15.9 Å². The number of nitrogens with zero attached hydrogens (tertiary/aromatic N) is 2. The highest BCUT2D eigenvalue weighted by molar-refractivity contribution is 9.10. The van der Waals surface area contributed by atoms with Gasteiger partial charge in [0.25, 0.3) is 5.91 Å². The lowest BCUT2D eigenvalue weighted by Gasteiger charge is -2.47. The molecule has 1 aromatic rings. The van der Waals surface area contributed by atoms with Crippen LogP contribution in [0.15, 0.2) is 16.7 Å². The van der Waals surface area contributed by atoms with Crippen molar-refractivity contribution in [3.63, 3.8) is 0 Å². The number of carbonyl (C=O) groups is 1. The summed E-state index contributed by atoms with van der Waals surface area (Å²) in [6.07, 6.45) is 7.97. The number of aromatic nitrogens is 1. The molecule has 1 amide bonds. The molecule has 5 heteroatoms. The van der Waals surface area contributed by atoms with Crippen molar-refractivity contribution in [2.24, 2.45) is 7.05 Å². The molecule has 0 spiro atoms. The molecule has 0 saturated carbocycles. The molecule has 1 aromatic heterocycles. The monoisotopic (exact) mass is 339 g/mol. The zero-order chi connectivity index (χ0) is 14.3. The molecule has 2 aliphatic rings. The van der Waals surface area contributed by atoms with Crippen LogP contribution in [-0.2, 0) is 7.05 Å². The highest BCUT2D eigenvalue weighted by Crippen LogP contribution is 2.32. The number of hydrogen-bond acceptors (Lipinski definition) is 2. The van der Waals surface area contributed by atoms with Crippen molar-refractivity contribution < 1.29 is 4.79 Å². The topological polar surface area (TPSA) is 37.3 Å². The van der Waals surface area contributed by atoms with E-state index < -0.39 is 0 Å². The van der Waals surface area contributed by atoms with Gasteiger partial charge in [0.2, 0.25) is 0 Å². The Kier molecular flexibility index (Phi) is 3.91. The molecule has 0 aliphatic carbocycles. The molecular weight excluding hydrogens is 318 g/mol. The quantitative estimate of drug-likeness (QED) is 0.898. The first-order valence-corrected chi connectivity index (χ1v) is 8.18. The maximum absolute atomic E-state index is 12.4. The van der Waals surface area contributed by atoms with E-state index in [1.165, 1.54) is 19.3 Å². The van der Waals surface area contributed by atoms with Crippen LogP contribution in [0, 0.1) is 0 Å². The summed E-state index contributed by atoms with van der Waals surface area (Å²) in [5.74, 6) is 0.0471. The summed E-state index contributed by atoms with van der Waals surface area (Å²) in [5, 5.41) is 3.23. The Balaban J connectivity index is 1.66. The molecule has 20 heavy (non-hydrogen) atoms. The molecule has 4 nitrogen and oxygen atoms in total. The van der Waals surface area contributed by atoms with Crippen LogP contribution in [0.1, 0.15) is 42.6 Å². The summed E-state index contributed by atoms with van der Waals surface area (Å²) in [6, 6.07) is 3.49. The molecule has 2 atom stereocenters. The highest BCUT2D eigenvalue weighted by Gasteiger charge is 2.36. The first-order valence-electron chi connectivity index (χ1n) is 7.39. The molecular formula is C15H22BrN3O. The number of rotatable bonds is 2. The van der Waals surface area contributed by atoms with Crippen molar-refractivity contribution in [1.29, 1.82) is 0 Å². The van der Waals surface area contributed by atoms with E-state index in [2.05, 4.69) is 33.2 Å². The third-order valence-electron chi connectivity index (χ3n) is 4.88. The Hall–Kier alpha value is -0.810. The first-order chi connectivity index (χ1) is 9.54. The molecule has 2 bridgehead atoms. The Morgan fingerprint density at radius 1 is 1.30 bits per heavy atom. The molecule has 110 valence electrons. The third-order valence-corrected chi connectivity index (χ3v) is 5.31. The van der Waals surface area contributed by atoms with Crippen molar-refractivity contribution in [2.75, 3.05) is 7.05 Å². The van der Waals surface area contributed by atoms with Crippen LogP contribution in [0.3, 0.4) is 0 Å². The molecule has 0 radical (unpaired) electrons. The van der Waals surface area contributed by atoms with Crippen LogP contribution in [-0.4, -0.2) is 40.5 Å². The number of aryl methyl sites for hydroxylation is 1. The van der Waals surface area contributed by atoms with Crippen molar-refractivity contribution >= 4 is 21.8 Å². The average Bonchev–Trinajstić information content (AvgIpc) is 2.70. The first kappa shape index (κ1) is 14.1. The van der Waals surface area contributed by atoms with E-state index in [4.69, 9.17) is 0 Å². The van der Waals surface area contributed by atoms with Crippen LogP contribution in [0.4, 0.5) is 0 Å². The number of piperidine rings is 2. The van der Waals surface area contributed by atoms with Gasteiger partial charge in [-0.2, -0.15) is 0 Å². The second-order valence-electron chi connectivity index (χ2n) is 6.20. The maximum atomic E-state index is 12.4. The van der Waals surface area contributed by atoms with Crippen LogP contribution < -0.4 is 5.32 Å². The van der Waals surface area contributed by atoms with Gasteiger partial charge in [0.15, 0.2) is 0 Å². The summed E-state index contributed by atoms with van der Waals surface area (Å²) in [5.41, 5.74) is 0.723. The van der Waals surface area contributed by atoms with E-state index in [0.717, 1.165) is 23.0 Å². The van der Waals surface area contributed by atoms with Crippen LogP contribution in [0.5, 0.6) is 0 Å². The lowest BCUT2D eigenvalue weighted by molar-refractivity contribution is 0.0461. The van der Waals surface area contributed by atoms with E-state index in [1.54, 1.807) is 0 Å². The number of carbonyl (C=O) groups excluding carboxylic acids is 1. The fourth-order valence-corrected chi connectivity index (χ4v) is 4.27. The summed E-state index contributed by atoms with van der Waals surface area (Å²) >= 11 is 3.42. The molecule has 2 unspecified atom stereocenters. The Morgan fingerprint density at radius 2 is 1.95 bits per heavy atom. The van der Waals surface area contributed by atoms with Gasteiger partial charge >= 0.3 is 0 Å². The van der Waals surface area contributed by atoms with E-state index in [9.17, 15) is 4.79 Å². The highest BCUT2D eigenvalue weighted by atomic mass is 79.9. The number of fused-ring (bicyclic) bond motifs is 2. The van der Waals surface area contributed by atoms with E-state index >= 15 is 0 Å². The Bertz CT molecular complexity index is 499. The number of amides is 1. The minimum Gasteiger partial charge on any atom is -0.348 e. The smallest absolute Gasteiger partial charge is 0.268 e. The number of halogens is 1. The van der Waals surface area contributed by atoms with Gasteiger partial charge in [-0.25, -0.2) is 0 Å². The van der Waals surface area contributed by atoms with Gasteiger partial charge in [-0.05, 0) is 54.7 Å². The van der Waals surface area contributed by atoms with Gasteiger partial charge in [0.05, 0.1) is 0 Å². The van der Waals surface area contributed by atoms with Gasteiger partial charge in [0, 0.05) is 35.8 Å². The summed E-state index contributed by atoms with van der Waals surface area (Å²) in [6.45, 7) is 0. The molecule has 0 aromatic carbocycles. The Labute approximate surface area is 128 Å². The fraction of sp³-hybridized carbons (Fsp3) is 0.667. The SMILES string of the molecule is CN1C2CCCC1CC(NC(=O)c1cc(Br)cn1C)C2. The predicted molar refractivity (Wildman–Crippen MR) is 82.8 cm³/mol. The normalized spacial score (nSPS) is 30.2. The molecule has 1 N–H and O–H groups in total. The van der Waals surface area contributed by atoms with Crippen molar-refractivity contribution in [3.8, 4) is 0 Å². The molecule has 2 fully saturated rings. The molecule has 3 rings (SSSR count). The second kappa shape index (κ2) is 5.53. The maximum Gasteiger partial charge on any atom is 0.268 e. The molecule has 2 saturated heterocycles. The summed E-state index contributed by atoms with van der Waals surface area (Å²) in [7, 11) is 4.14. The van der Waals surface area contributed by atoms with Gasteiger partial charge in [-0.1, -0.05) is 6.42 Å². The Morgan fingerprint density at radius 3 is 2.50 bits per heavy atom. The largest absolute Gasteiger partial charge is 0.348 e. The standard InChI is InChI=1S/C15H22BrN3O/c1-18-9-10(16)6-14(18)15(20)17-11-7-12-4-3-5-13(8-11)19(12)2/h6,9,11-13H,3-5,7-8H2,1-2H3,(H,17,20). The predicted octanol–water partition coefficient (Wildman–Crippen LogP) is 2.53. The van der Waals surface area contributed by atoms with Crippen molar-refractivity contribution in [1.82, 2.24) is 14.8 Å². The zero-order valence-electron chi connectivity index (χ0n) is 12.1. The van der Waals surface area contributed by atoms with E-state index in [1.807, 2.05) is 23.9 Å². The minimum absolute atomic E-state index is 0.0471. The summed E-state index contributed by atoms with van der Waals surface area (Å²) < 4.78 is 2.82.